The first-order valence-electron chi connectivity index (χ1n) is 8.44. The Bertz CT molecular complexity index is 1080. The van der Waals surface area contributed by atoms with Gasteiger partial charge in [-0.3, -0.25) is 25.0 Å². The number of rotatable bonds is 6. The standard InChI is InChI=1S/C18H16N6O5/c1-12(13-4-3-5-15(8-13)23(26)27)21(2)18(25)14-6-7-16(17(9-14)24(28)29)22-11-19-10-20-22/h3-12H,1-2H3. The van der Waals surface area contributed by atoms with Crippen molar-refractivity contribution in [1.29, 1.82) is 0 Å². The van der Waals surface area contributed by atoms with Gasteiger partial charge in [0.25, 0.3) is 17.3 Å². The summed E-state index contributed by atoms with van der Waals surface area (Å²) in [6, 6.07) is 9.55. The third-order valence-corrected chi connectivity index (χ3v) is 4.55. The summed E-state index contributed by atoms with van der Waals surface area (Å²) in [5, 5.41) is 26.3. The average Bonchev–Trinajstić information content (AvgIpc) is 3.26. The van der Waals surface area contributed by atoms with Crippen LogP contribution in [0.5, 0.6) is 0 Å². The van der Waals surface area contributed by atoms with E-state index >= 15 is 0 Å². The van der Waals surface area contributed by atoms with Gasteiger partial charge in [0.15, 0.2) is 0 Å². The van der Waals surface area contributed by atoms with Crippen LogP contribution < -0.4 is 0 Å². The Labute approximate surface area is 164 Å². The zero-order valence-corrected chi connectivity index (χ0v) is 15.5. The minimum atomic E-state index is -0.599. The summed E-state index contributed by atoms with van der Waals surface area (Å²) in [6.45, 7) is 1.72. The maximum Gasteiger partial charge on any atom is 0.295 e. The second-order valence-corrected chi connectivity index (χ2v) is 6.24. The van der Waals surface area contributed by atoms with Crippen LogP contribution in [-0.2, 0) is 0 Å². The normalized spacial score (nSPS) is 11.7. The van der Waals surface area contributed by atoms with Crippen molar-refractivity contribution in [3.05, 3.63) is 86.5 Å². The zero-order chi connectivity index (χ0) is 21.1. The molecule has 1 unspecified atom stereocenters. The van der Waals surface area contributed by atoms with E-state index in [1.165, 1.54) is 59.6 Å². The number of nitro benzene ring substituents is 2. The van der Waals surface area contributed by atoms with E-state index in [0.717, 1.165) is 0 Å². The highest BCUT2D eigenvalue weighted by Gasteiger charge is 2.24. The van der Waals surface area contributed by atoms with Crippen LogP contribution in [0.15, 0.2) is 55.1 Å². The number of hydrogen-bond acceptors (Lipinski definition) is 7. The van der Waals surface area contributed by atoms with Gasteiger partial charge in [-0.1, -0.05) is 12.1 Å². The minimum Gasteiger partial charge on any atom is -0.335 e. The van der Waals surface area contributed by atoms with Gasteiger partial charge in [-0.05, 0) is 24.6 Å². The molecule has 0 N–H and O–H groups in total. The number of nitro groups is 2. The van der Waals surface area contributed by atoms with E-state index in [0.29, 0.717) is 5.56 Å². The highest BCUT2D eigenvalue weighted by atomic mass is 16.6. The first-order chi connectivity index (χ1) is 13.8. The molecule has 0 bridgehead atoms. The summed E-state index contributed by atoms with van der Waals surface area (Å²) in [6.07, 6.45) is 2.57. The first-order valence-corrected chi connectivity index (χ1v) is 8.44. The zero-order valence-electron chi connectivity index (χ0n) is 15.5. The van der Waals surface area contributed by atoms with E-state index in [2.05, 4.69) is 10.1 Å². The van der Waals surface area contributed by atoms with Crippen LogP contribution in [0.2, 0.25) is 0 Å². The fourth-order valence-corrected chi connectivity index (χ4v) is 2.83. The van der Waals surface area contributed by atoms with E-state index in [1.54, 1.807) is 19.1 Å². The van der Waals surface area contributed by atoms with Crippen LogP contribution in [0.1, 0.15) is 28.9 Å². The van der Waals surface area contributed by atoms with Crippen LogP contribution in [-0.4, -0.2) is 42.5 Å². The third kappa shape index (κ3) is 3.93. The lowest BCUT2D eigenvalue weighted by atomic mass is 10.0. The maximum atomic E-state index is 12.9. The van der Waals surface area contributed by atoms with E-state index in [1.807, 2.05) is 0 Å². The summed E-state index contributed by atoms with van der Waals surface area (Å²) < 4.78 is 1.24. The summed E-state index contributed by atoms with van der Waals surface area (Å²) in [4.78, 5) is 39.4. The van der Waals surface area contributed by atoms with Gasteiger partial charge in [0.2, 0.25) is 0 Å². The van der Waals surface area contributed by atoms with Gasteiger partial charge in [-0.25, -0.2) is 9.67 Å². The molecule has 0 aliphatic heterocycles. The second-order valence-electron chi connectivity index (χ2n) is 6.24. The SMILES string of the molecule is CC(c1cccc([N+](=O)[O-])c1)N(C)C(=O)c1ccc(-n2cncn2)c([N+](=O)[O-])c1. The lowest BCUT2D eigenvalue weighted by Gasteiger charge is -2.25. The molecule has 0 fully saturated rings. The highest BCUT2D eigenvalue weighted by Crippen LogP contribution is 2.27. The number of carbonyl (C=O) groups is 1. The van der Waals surface area contributed by atoms with Crippen molar-refractivity contribution in [3.63, 3.8) is 0 Å². The molecular weight excluding hydrogens is 380 g/mol. The van der Waals surface area contributed by atoms with Gasteiger partial charge >= 0.3 is 0 Å². The van der Waals surface area contributed by atoms with E-state index < -0.39 is 21.8 Å². The Balaban J connectivity index is 1.91. The van der Waals surface area contributed by atoms with Gasteiger partial charge in [0, 0.05) is 30.8 Å². The molecule has 1 heterocycles. The molecule has 0 radical (unpaired) electrons. The quantitative estimate of drug-likeness (QED) is 0.461. The van der Waals surface area contributed by atoms with Crippen molar-refractivity contribution < 1.29 is 14.6 Å². The highest BCUT2D eigenvalue weighted by molar-refractivity contribution is 5.95. The molecular formula is C18H16N6O5. The fourth-order valence-electron chi connectivity index (χ4n) is 2.83. The van der Waals surface area contributed by atoms with Crippen molar-refractivity contribution in [2.24, 2.45) is 0 Å². The van der Waals surface area contributed by atoms with Crippen molar-refractivity contribution in [1.82, 2.24) is 19.7 Å². The molecule has 0 saturated carbocycles. The molecule has 29 heavy (non-hydrogen) atoms. The molecule has 1 amide bonds. The average molecular weight is 396 g/mol. The number of non-ortho nitro benzene ring substituents is 1. The van der Waals surface area contributed by atoms with Crippen molar-refractivity contribution in [3.8, 4) is 5.69 Å². The largest absolute Gasteiger partial charge is 0.335 e. The van der Waals surface area contributed by atoms with Crippen LogP contribution in [0.4, 0.5) is 11.4 Å². The van der Waals surface area contributed by atoms with E-state index in [9.17, 15) is 25.0 Å². The second kappa shape index (κ2) is 7.84. The van der Waals surface area contributed by atoms with E-state index in [4.69, 9.17) is 0 Å². The smallest absolute Gasteiger partial charge is 0.295 e. The van der Waals surface area contributed by atoms with Crippen molar-refractivity contribution in [2.75, 3.05) is 7.05 Å². The Morgan fingerprint density at radius 3 is 2.52 bits per heavy atom. The first kappa shape index (κ1) is 19.6. The van der Waals surface area contributed by atoms with Crippen LogP contribution in [0.25, 0.3) is 5.69 Å². The summed E-state index contributed by atoms with van der Waals surface area (Å²) in [7, 11) is 1.53. The van der Waals surface area contributed by atoms with Crippen LogP contribution in [0.3, 0.4) is 0 Å². The van der Waals surface area contributed by atoms with Gasteiger partial charge in [-0.2, -0.15) is 5.10 Å². The number of carbonyl (C=O) groups excluding carboxylic acids is 1. The number of amides is 1. The third-order valence-electron chi connectivity index (χ3n) is 4.55. The monoisotopic (exact) mass is 396 g/mol. The summed E-state index contributed by atoms with van der Waals surface area (Å²) in [5.74, 6) is -0.461. The van der Waals surface area contributed by atoms with Crippen LogP contribution >= 0.6 is 0 Å². The maximum absolute atomic E-state index is 12.9. The number of nitrogens with zero attached hydrogens (tertiary/aromatic N) is 6. The lowest BCUT2D eigenvalue weighted by molar-refractivity contribution is -0.385. The van der Waals surface area contributed by atoms with Crippen LogP contribution in [0, 0.1) is 20.2 Å². The minimum absolute atomic E-state index is 0.0805. The lowest BCUT2D eigenvalue weighted by Crippen LogP contribution is -2.29. The molecule has 3 aromatic rings. The van der Waals surface area contributed by atoms with Crippen molar-refractivity contribution >= 4 is 17.3 Å². The molecule has 0 aliphatic carbocycles. The molecule has 3 rings (SSSR count). The van der Waals surface area contributed by atoms with Gasteiger partial charge in [0.1, 0.15) is 18.3 Å². The number of benzene rings is 2. The molecule has 11 heteroatoms. The molecule has 0 spiro atoms. The topological polar surface area (TPSA) is 137 Å². The molecule has 0 aliphatic rings. The predicted octanol–water partition coefficient (Wildman–Crippen LogP) is 2.92. The molecule has 148 valence electrons. The Morgan fingerprint density at radius 1 is 1.14 bits per heavy atom. The molecule has 2 aromatic carbocycles. The fraction of sp³-hybridized carbons (Fsp3) is 0.167. The number of aromatic nitrogens is 3. The predicted molar refractivity (Wildman–Crippen MR) is 102 cm³/mol. The van der Waals surface area contributed by atoms with Crippen molar-refractivity contribution in [2.45, 2.75) is 13.0 Å². The molecule has 1 aromatic heterocycles. The van der Waals surface area contributed by atoms with Gasteiger partial charge in [0.05, 0.1) is 15.9 Å². The Kier molecular flexibility index (Phi) is 5.30. The van der Waals surface area contributed by atoms with Gasteiger partial charge < -0.3 is 4.90 Å². The molecule has 11 nitrogen and oxygen atoms in total. The molecule has 0 saturated heterocycles. The Hall–Kier alpha value is -4.15. The van der Waals surface area contributed by atoms with E-state index in [-0.39, 0.29) is 22.6 Å². The Morgan fingerprint density at radius 2 is 1.90 bits per heavy atom. The molecule has 1 atom stereocenters. The van der Waals surface area contributed by atoms with Gasteiger partial charge in [-0.15, -0.1) is 0 Å². The number of hydrogen-bond donors (Lipinski definition) is 0. The summed E-state index contributed by atoms with van der Waals surface area (Å²) >= 11 is 0. The summed E-state index contributed by atoms with van der Waals surface area (Å²) in [5.41, 5.74) is 0.489.